The van der Waals surface area contributed by atoms with Crippen molar-refractivity contribution in [3.8, 4) is 0 Å². The lowest BCUT2D eigenvalue weighted by Gasteiger charge is -2.11. The standard InChI is InChI=1S/C15H12Cl2INO/c1-2-9-7-11(18)4-6-14(9)19-15(20)10-3-5-12(16)13(17)8-10/h3-8H,2H2,1H3,(H,19,20). The number of benzene rings is 2. The third-order valence-electron chi connectivity index (χ3n) is 2.88. The molecule has 2 rings (SSSR count). The molecule has 0 heterocycles. The van der Waals surface area contributed by atoms with Crippen molar-refractivity contribution >= 4 is 57.4 Å². The number of amides is 1. The van der Waals surface area contributed by atoms with Crippen LogP contribution in [0.25, 0.3) is 0 Å². The fourth-order valence-electron chi connectivity index (χ4n) is 1.81. The molecule has 0 aliphatic rings. The third kappa shape index (κ3) is 3.65. The number of carbonyl (C=O) groups is 1. The molecular formula is C15H12Cl2INO. The van der Waals surface area contributed by atoms with Gasteiger partial charge in [0.05, 0.1) is 10.0 Å². The second-order valence-corrected chi connectivity index (χ2v) is 6.30. The predicted octanol–water partition coefficient (Wildman–Crippen LogP) is 5.41. The molecule has 5 heteroatoms. The van der Waals surface area contributed by atoms with E-state index in [4.69, 9.17) is 23.2 Å². The summed E-state index contributed by atoms with van der Waals surface area (Å²) in [5, 5.41) is 3.72. The Kier molecular flexibility index (Phi) is 5.29. The Morgan fingerprint density at radius 2 is 1.90 bits per heavy atom. The van der Waals surface area contributed by atoms with Gasteiger partial charge in [-0.3, -0.25) is 4.79 Å². The van der Waals surface area contributed by atoms with Crippen molar-refractivity contribution in [2.24, 2.45) is 0 Å². The average Bonchev–Trinajstić information content (AvgIpc) is 2.43. The number of aryl methyl sites for hydroxylation is 1. The zero-order valence-corrected chi connectivity index (χ0v) is 14.4. The highest BCUT2D eigenvalue weighted by molar-refractivity contribution is 14.1. The van der Waals surface area contributed by atoms with E-state index >= 15 is 0 Å². The first-order valence-electron chi connectivity index (χ1n) is 6.06. The van der Waals surface area contributed by atoms with Crippen LogP contribution >= 0.6 is 45.8 Å². The zero-order chi connectivity index (χ0) is 14.7. The van der Waals surface area contributed by atoms with Gasteiger partial charge in [0, 0.05) is 14.8 Å². The van der Waals surface area contributed by atoms with E-state index in [2.05, 4.69) is 40.9 Å². The summed E-state index contributed by atoms with van der Waals surface area (Å²) in [5.41, 5.74) is 2.41. The summed E-state index contributed by atoms with van der Waals surface area (Å²) in [4.78, 5) is 12.2. The highest BCUT2D eigenvalue weighted by atomic mass is 127. The number of nitrogens with one attached hydrogen (secondary N) is 1. The fourth-order valence-corrected chi connectivity index (χ4v) is 2.66. The van der Waals surface area contributed by atoms with Gasteiger partial charge < -0.3 is 5.32 Å². The van der Waals surface area contributed by atoms with Gasteiger partial charge >= 0.3 is 0 Å². The lowest BCUT2D eigenvalue weighted by molar-refractivity contribution is 0.102. The monoisotopic (exact) mass is 419 g/mol. The predicted molar refractivity (Wildman–Crippen MR) is 93.0 cm³/mol. The van der Waals surface area contributed by atoms with Gasteiger partial charge in [-0.15, -0.1) is 0 Å². The molecule has 2 aromatic rings. The summed E-state index contributed by atoms with van der Waals surface area (Å²) in [6.07, 6.45) is 0.855. The van der Waals surface area contributed by atoms with E-state index in [1.165, 1.54) is 0 Å². The van der Waals surface area contributed by atoms with Crippen LogP contribution in [0.3, 0.4) is 0 Å². The maximum absolute atomic E-state index is 12.2. The van der Waals surface area contributed by atoms with Crippen LogP contribution in [0, 0.1) is 3.57 Å². The van der Waals surface area contributed by atoms with E-state index in [9.17, 15) is 4.79 Å². The first kappa shape index (κ1) is 15.6. The van der Waals surface area contributed by atoms with E-state index in [0.717, 1.165) is 21.2 Å². The van der Waals surface area contributed by atoms with Crippen molar-refractivity contribution in [2.75, 3.05) is 5.32 Å². The van der Waals surface area contributed by atoms with E-state index in [-0.39, 0.29) is 5.91 Å². The molecule has 1 N–H and O–H groups in total. The molecule has 0 aromatic heterocycles. The van der Waals surface area contributed by atoms with E-state index in [0.29, 0.717) is 15.6 Å². The topological polar surface area (TPSA) is 29.1 Å². The van der Waals surface area contributed by atoms with Crippen LogP contribution in [-0.4, -0.2) is 5.91 Å². The van der Waals surface area contributed by atoms with E-state index in [1.807, 2.05) is 12.1 Å². The number of anilines is 1. The quantitative estimate of drug-likeness (QED) is 0.662. The van der Waals surface area contributed by atoms with Gasteiger partial charge in [-0.1, -0.05) is 30.1 Å². The van der Waals surface area contributed by atoms with Crippen molar-refractivity contribution in [1.82, 2.24) is 0 Å². The molecule has 0 bridgehead atoms. The van der Waals surface area contributed by atoms with Gasteiger partial charge in [0.25, 0.3) is 5.91 Å². The summed E-state index contributed by atoms with van der Waals surface area (Å²) in [7, 11) is 0. The van der Waals surface area contributed by atoms with Crippen molar-refractivity contribution in [1.29, 1.82) is 0 Å². The number of halogens is 3. The van der Waals surface area contributed by atoms with Crippen molar-refractivity contribution in [2.45, 2.75) is 13.3 Å². The third-order valence-corrected chi connectivity index (χ3v) is 4.29. The number of rotatable bonds is 3. The zero-order valence-electron chi connectivity index (χ0n) is 10.7. The Labute approximate surface area is 141 Å². The van der Waals surface area contributed by atoms with Crippen LogP contribution in [-0.2, 0) is 6.42 Å². The second-order valence-electron chi connectivity index (χ2n) is 4.24. The first-order chi connectivity index (χ1) is 9.51. The molecule has 104 valence electrons. The minimum Gasteiger partial charge on any atom is -0.322 e. The molecule has 0 aliphatic carbocycles. The van der Waals surface area contributed by atoms with Crippen molar-refractivity contribution in [3.63, 3.8) is 0 Å². The first-order valence-corrected chi connectivity index (χ1v) is 7.89. The number of hydrogen-bond acceptors (Lipinski definition) is 1. The van der Waals surface area contributed by atoms with Gasteiger partial charge in [0.2, 0.25) is 0 Å². The van der Waals surface area contributed by atoms with Gasteiger partial charge in [-0.25, -0.2) is 0 Å². The molecule has 0 spiro atoms. The molecule has 0 saturated heterocycles. The van der Waals surface area contributed by atoms with Crippen LogP contribution in [0.4, 0.5) is 5.69 Å². The minimum absolute atomic E-state index is 0.195. The Morgan fingerprint density at radius 1 is 1.15 bits per heavy atom. The van der Waals surface area contributed by atoms with Crippen LogP contribution in [0.1, 0.15) is 22.8 Å². The Morgan fingerprint density at radius 3 is 2.55 bits per heavy atom. The molecule has 0 fully saturated rings. The molecule has 0 saturated carbocycles. The van der Waals surface area contributed by atoms with Crippen molar-refractivity contribution < 1.29 is 4.79 Å². The summed E-state index contributed by atoms with van der Waals surface area (Å²) >= 11 is 14.0. The molecule has 0 atom stereocenters. The summed E-state index contributed by atoms with van der Waals surface area (Å²) < 4.78 is 1.15. The normalized spacial score (nSPS) is 10.4. The molecule has 2 aromatic carbocycles. The molecule has 0 unspecified atom stereocenters. The molecular weight excluding hydrogens is 408 g/mol. The minimum atomic E-state index is -0.195. The Bertz CT molecular complexity index is 658. The Hall–Kier alpha value is -0.780. The average molecular weight is 420 g/mol. The van der Waals surface area contributed by atoms with Gasteiger partial charge in [0.15, 0.2) is 0 Å². The summed E-state index contributed by atoms with van der Waals surface area (Å²) in [5.74, 6) is -0.195. The molecule has 0 aliphatic heterocycles. The van der Waals surface area contributed by atoms with E-state index in [1.54, 1.807) is 18.2 Å². The van der Waals surface area contributed by atoms with Crippen LogP contribution in [0.5, 0.6) is 0 Å². The van der Waals surface area contributed by atoms with Crippen LogP contribution < -0.4 is 5.32 Å². The summed E-state index contributed by atoms with van der Waals surface area (Å²) in [6, 6.07) is 10.8. The highest BCUT2D eigenvalue weighted by Gasteiger charge is 2.10. The molecule has 0 radical (unpaired) electrons. The van der Waals surface area contributed by atoms with Gasteiger partial charge in [-0.2, -0.15) is 0 Å². The number of hydrogen-bond donors (Lipinski definition) is 1. The van der Waals surface area contributed by atoms with E-state index < -0.39 is 0 Å². The lowest BCUT2D eigenvalue weighted by Crippen LogP contribution is -2.13. The maximum atomic E-state index is 12.2. The molecule has 2 nitrogen and oxygen atoms in total. The van der Waals surface area contributed by atoms with Gasteiger partial charge in [-0.05, 0) is 71.0 Å². The van der Waals surface area contributed by atoms with Crippen LogP contribution in [0.2, 0.25) is 10.0 Å². The SMILES string of the molecule is CCc1cc(I)ccc1NC(=O)c1ccc(Cl)c(Cl)c1. The lowest BCUT2D eigenvalue weighted by atomic mass is 10.1. The van der Waals surface area contributed by atoms with Gasteiger partial charge in [0.1, 0.15) is 0 Å². The van der Waals surface area contributed by atoms with Crippen molar-refractivity contribution in [3.05, 3.63) is 61.1 Å². The molecule has 20 heavy (non-hydrogen) atoms. The second kappa shape index (κ2) is 6.78. The van der Waals surface area contributed by atoms with Crippen LogP contribution in [0.15, 0.2) is 36.4 Å². The molecule has 1 amide bonds. The Balaban J connectivity index is 2.25. The number of carbonyl (C=O) groups excluding carboxylic acids is 1. The maximum Gasteiger partial charge on any atom is 0.255 e. The summed E-state index contributed by atoms with van der Waals surface area (Å²) in [6.45, 7) is 2.06. The highest BCUT2D eigenvalue weighted by Crippen LogP contribution is 2.24. The largest absolute Gasteiger partial charge is 0.322 e. The smallest absolute Gasteiger partial charge is 0.255 e. The fraction of sp³-hybridized carbons (Fsp3) is 0.133.